The number of nitrogens with one attached hydrogen (secondary N) is 2. The molecule has 4 heterocycles. The molecule has 2 aliphatic rings. The summed E-state index contributed by atoms with van der Waals surface area (Å²) in [5, 5.41) is 2.66. The molecule has 2 fully saturated rings. The highest BCUT2D eigenvalue weighted by molar-refractivity contribution is 7.89. The van der Waals surface area contributed by atoms with E-state index in [9.17, 15) is 22.8 Å². The van der Waals surface area contributed by atoms with E-state index in [4.69, 9.17) is 0 Å². The first kappa shape index (κ1) is 25.6. The highest BCUT2D eigenvalue weighted by atomic mass is 32.2. The van der Waals surface area contributed by atoms with E-state index in [1.807, 2.05) is 12.1 Å². The summed E-state index contributed by atoms with van der Waals surface area (Å²) in [6.07, 6.45) is 4.54. The van der Waals surface area contributed by atoms with Crippen LogP contribution in [-0.4, -0.2) is 78.7 Å². The van der Waals surface area contributed by atoms with E-state index in [0.29, 0.717) is 49.9 Å². The quantitative estimate of drug-likeness (QED) is 0.490. The molecule has 0 atom stereocenters. The minimum atomic E-state index is -3.45. The average molecular weight is 537 g/mol. The summed E-state index contributed by atoms with van der Waals surface area (Å²) >= 11 is 0. The van der Waals surface area contributed by atoms with Crippen molar-refractivity contribution in [3.8, 4) is 0 Å². The van der Waals surface area contributed by atoms with Crippen molar-refractivity contribution in [3.05, 3.63) is 82.5 Å². The first-order valence-electron chi connectivity index (χ1n) is 12.4. The Hall–Kier alpha value is -4.03. The van der Waals surface area contributed by atoms with Gasteiger partial charge >= 0.3 is 0 Å². The van der Waals surface area contributed by atoms with E-state index in [2.05, 4.69) is 20.2 Å². The van der Waals surface area contributed by atoms with Crippen LogP contribution in [0.4, 0.5) is 11.4 Å². The monoisotopic (exact) mass is 536 g/mol. The lowest BCUT2D eigenvalue weighted by Gasteiger charge is -2.36. The third-order valence-electron chi connectivity index (χ3n) is 6.76. The molecular weight excluding hydrogens is 508 g/mol. The molecule has 2 saturated heterocycles. The lowest BCUT2D eigenvalue weighted by atomic mass is 10.2. The van der Waals surface area contributed by atoms with Gasteiger partial charge in [-0.2, -0.15) is 4.31 Å². The minimum Gasteiger partial charge on any atom is -0.368 e. The maximum Gasteiger partial charge on any atom is 0.272 e. The summed E-state index contributed by atoms with van der Waals surface area (Å²) in [5.41, 5.74) is 1.61. The Morgan fingerprint density at radius 1 is 0.868 bits per heavy atom. The Morgan fingerprint density at radius 3 is 2.18 bits per heavy atom. The molecule has 0 saturated carbocycles. The van der Waals surface area contributed by atoms with Crippen molar-refractivity contribution in [3.63, 3.8) is 0 Å². The summed E-state index contributed by atoms with van der Waals surface area (Å²) in [4.78, 5) is 47.3. The number of pyridine rings is 2. The zero-order chi connectivity index (χ0) is 26.7. The van der Waals surface area contributed by atoms with Crippen molar-refractivity contribution >= 4 is 33.2 Å². The number of amides is 2. The summed E-state index contributed by atoms with van der Waals surface area (Å²) in [6, 6.07) is 12.8. The molecule has 2 N–H and O–H groups in total. The van der Waals surface area contributed by atoms with Crippen LogP contribution in [0.2, 0.25) is 0 Å². The Bertz CT molecular complexity index is 1450. The number of benzene rings is 1. The number of hydrogen-bond donors (Lipinski definition) is 2. The fourth-order valence-corrected chi connectivity index (χ4v) is 6.10. The number of rotatable bonds is 6. The van der Waals surface area contributed by atoms with Gasteiger partial charge < -0.3 is 20.1 Å². The van der Waals surface area contributed by atoms with Gasteiger partial charge in [0.05, 0.1) is 16.1 Å². The fourth-order valence-electron chi connectivity index (χ4n) is 4.58. The smallest absolute Gasteiger partial charge is 0.272 e. The number of aromatic nitrogens is 2. The predicted octanol–water partition coefficient (Wildman–Crippen LogP) is 1.77. The number of sulfonamides is 1. The molecule has 2 amide bonds. The predicted molar refractivity (Wildman–Crippen MR) is 142 cm³/mol. The molecule has 0 radical (unpaired) electrons. The van der Waals surface area contributed by atoms with E-state index < -0.39 is 15.9 Å². The van der Waals surface area contributed by atoms with Crippen LogP contribution >= 0.6 is 0 Å². The molecule has 198 valence electrons. The zero-order valence-corrected chi connectivity index (χ0v) is 21.5. The highest BCUT2D eigenvalue weighted by Crippen LogP contribution is 2.24. The topological polar surface area (TPSA) is 136 Å². The molecule has 0 aliphatic carbocycles. The van der Waals surface area contributed by atoms with Crippen molar-refractivity contribution in [2.45, 2.75) is 17.7 Å². The number of nitrogens with zero attached hydrogens (tertiary/aromatic N) is 4. The Balaban J connectivity index is 1.16. The van der Waals surface area contributed by atoms with Gasteiger partial charge in [-0.1, -0.05) is 0 Å². The maximum absolute atomic E-state index is 13.0. The number of carbonyl (C=O) groups excluding carboxylic acids is 2. The second kappa shape index (κ2) is 10.8. The second-order valence-corrected chi connectivity index (χ2v) is 11.2. The van der Waals surface area contributed by atoms with Gasteiger partial charge in [0.15, 0.2) is 0 Å². The van der Waals surface area contributed by atoms with Crippen molar-refractivity contribution in [1.29, 1.82) is 0 Å². The van der Waals surface area contributed by atoms with Gasteiger partial charge in [-0.15, -0.1) is 0 Å². The number of hydrogen-bond acceptors (Lipinski definition) is 7. The highest BCUT2D eigenvalue weighted by Gasteiger charge is 2.28. The molecule has 12 heteroatoms. The van der Waals surface area contributed by atoms with Crippen LogP contribution < -0.4 is 15.8 Å². The van der Waals surface area contributed by atoms with Gasteiger partial charge in [0.2, 0.25) is 15.6 Å². The normalized spacial score (nSPS) is 16.4. The van der Waals surface area contributed by atoms with Crippen LogP contribution in [0.15, 0.2) is 70.6 Å². The number of H-pyrrole nitrogens is 1. The Labute approximate surface area is 220 Å². The standard InChI is InChI=1S/C26H28N6O5S/c33-24-10-4-20(18-28-24)29-25(34)19-3-9-23(27-17-19)26(35)31-15-13-30(14-16-31)21-5-7-22(8-6-21)38(36,37)32-11-1-2-12-32/h3-10,17-18H,1-2,11-16H2,(H,28,33)(H,29,34). The van der Waals surface area contributed by atoms with Gasteiger partial charge in [0.1, 0.15) is 5.69 Å². The number of anilines is 2. The molecule has 2 aliphatic heterocycles. The van der Waals surface area contributed by atoms with Gasteiger partial charge in [0.25, 0.3) is 11.8 Å². The number of carbonyl (C=O) groups is 2. The Morgan fingerprint density at radius 2 is 1.58 bits per heavy atom. The molecule has 0 unspecified atom stereocenters. The number of piperazine rings is 1. The second-order valence-electron chi connectivity index (χ2n) is 9.21. The lowest BCUT2D eigenvalue weighted by Crippen LogP contribution is -2.49. The zero-order valence-electron chi connectivity index (χ0n) is 20.7. The maximum atomic E-state index is 13.0. The number of aromatic amines is 1. The van der Waals surface area contributed by atoms with Gasteiger partial charge in [-0.3, -0.25) is 19.4 Å². The lowest BCUT2D eigenvalue weighted by molar-refractivity contribution is 0.0740. The van der Waals surface area contributed by atoms with E-state index in [1.54, 1.807) is 17.0 Å². The van der Waals surface area contributed by atoms with Crippen LogP contribution in [0.3, 0.4) is 0 Å². The minimum absolute atomic E-state index is 0.218. The van der Waals surface area contributed by atoms with Crippen molar-refractivity contribution in [1.82, 2.24) is 19.2 Å². The molecule has 2 aromatic heterocycles. The molecule has 5 rings (SSSR count). The van der Waals surface area contributed by atoms with Gasteiger partial charge in [-0.05, 0) is 55.3 Å². The summed E-state index contributed by atoms with van der Waals surface area (Å²) in [7, 11) is -3.45. The Kier molecular flexibility index (Phi) is 7.25. The molecular formula is C26H28N6O5S. The van der Waals surface area contributed by atoms with Crippen molar-refractivity contribution in [2.75, 3.05) is 49.5 Å². The third-order valence-corrected chi connectivity index (χ3v) is 8.67. The van der Waals surface area contributed by atoms with Crippen LogP contribution in [0, 0.1) is 0 Å². The fraction of sp³-hybridized carbons (Fsp3) is 0.308. The molecule has 3 aromatic rings. The van der Waals surface area contributed by atoms with Crippen LogP contribution in [0.5, 0.6) is 0 Å². The van der Waals surface area contributed by atoms with E-state index in [0.717, 1.165) is 18.5 Å². The van der Waals surface area contributed by atoms with Crippen molar-refractivity contribution in [2.24, 2.45) is 0 Å². The van der Waals surface area contributed by atoms with Crippen LogP contribution in [-0.2, 0) is 10.0 Å². The van der Waals surface area contributed by atoms with Gasteiger partial charge in [0, 0.05) is 63.4 Å². The van der Waals surface area contributed by atoms with Crippen LogP contribution in [0.25, 0.3) is 0 Å². The van der Waals surface area contributed by atoms with Crippen molar-refractivity contribution < 1.29 is 18.0 Å². The summed E-state index contributed by atoms with van der Waals surface area (Å²) < 4.78 is 27.0. The first-order valence-corrected chi connectivity index (χ1v) is 13.9. The molecule has 1 aromatic carbocycles. The first-order chi connectivity index (χ1) is 18.3. The summed E-state index contributed by atoms with van der Waals surface area (Å²) in [6.45, 7) is 3.32. The molecule has 11 nitrogen and oxygen atoms in total. The SMILES string of the molecule is O=C(Nc1ccc(=O)[nH]c1)c1ccc(C(=O)N2CCN(c3ccc(S(=O)(=O)N4CCCC4)cc3)CC2)nc1. The van der Waals surface area contributed by atoms with E-state index in [1.165, 1.54) is 41.0 Å². The third kappa shape index (κ3) is 5.46. The molecule has 0 spiro atoms. The summed E-state index contributed by atoms with van der Waals surface area (Å²) in [5.74, 6) is -0.624. The average Bonchev–Trinajstić information content (AvgIpc) is 3.50. The van der Waals surface area contributed by atoms with Gasteiger partial charge in [-0.25, -0.2) is 8.42 Å². The largest absolute Gasteiger partial charge is 0.368 e. The molecule has 38 heavy (non-hydrogen) atoms. The van der Waals surface area contributed by atoms with E-state index >= 15 is 0 Å². The van der Waals surface area contributed by atoms with E-state index in [-0.39, 0.29) is 22.7 Å². The van der Waals surface area contributed by atoms with Crippen LogP contribution in [0.1, 0.15) is 33.7 Å². The molecule has 0 bridgehead atoms.